The van der Waals surface area contributed by atoms with Gasteiger partial charge in [0.15, 0.2) is 0 Å². The van der Waals surface area contributed by atoms with Crippen LogP contribution < -0.4 is 10.1 Å². The topological polar surface area (TPSA) is 84.4 Å². The van der Waals surface area contributed by atoms with Gasteiger partial charge in [-0.3, -0.25) is 14.6 Å². The number of carbonyl (C=O) groups excluding carboxylic acids is 2. The van der Waals surface area contributed by atoms with E-state index in [-0.39, 0.29) is 18.2 Å². The number of aryl methyl sites for hydroxylation is 1. The molecule has 0 unspecified atom stereocenters. The van der Waals surface area contributed by atoms with Crippen molar-refractivity contribution in [3.63, 3.8) is 0 Å². The van der Waals surface area contributed by atoms with Gasteiger partial charge < -0.3 is 15.0 Å². The van der Waals surface area contributed by atoms with E-state index in [1.54, 1.807) is 23.4 Å². The Morgan fingerprint density at radius 2 is 1.74 bits per heavy atom. The molecule has 8 heteroatoms. The molecule has 7 nitrogen and oxygen atoms in total. The number of anilines is 1. The molecule has 0 spiro atoms. The second kappa shape index (κ2) is 10.4. The van der Waals surface area contributed by atoms with Crippen molar-refractivity contribution in [1.82, 2.24) is 14.9 Å². The molecule has 0 aliphatic rings. The second-order valence-electron chi connectivity index (χ2n) is 7.80. The number of rotatable bonds is 8. The van der Waals surface area contributed by atoms with Crippen LogP contribution >= 0.6 is 11.3 Å². The molecule has 34 heavy (non-hydrogen) atoms. The van der Waals surface area contributed by atoms with Crippen LogP contribution in [-0.2, 0) is 11.2 Å². The molecule has 0 aliphatic heterocycles. The van der Waals surface area contributed by atoms with E-state index in [9.17, 15) is 9.59 Å². The summed E-state index contributed by atoms with van der Waals surface area (Å²) in [6.07, 6.45) is 3.58. The number of aromatic nitrogens is 2. The number of nitrogens with one attached hydrogen (secondary N) is 1. The first-order valence-corrected chi connectivity index (χ1v) is 12.0. The first-order valence-electron chi connectivity index (χ1n) is 11.1. The number of amides is 2. The SMILES string of the molecule is CCN(CC)C(=O)c1cc2nccc(Oc3ccc(CC(=O)Nc4cc(C)ccn4)cc3)c2s1. The van der Waals surface area contributed by atoms with Crippen molar-refractivity contribution in [2.75, 3.05) is 18.4 Å². The summed E-state index contributed by atoms with van der Waals surface area (Å²) in [5.74, 6) is 1.70. The number of carbonyl (C=O) groups is 2. The van der Waals surface area contributed by atoms with Gasteiger partial charge in [0.05, 0.1) is 21.5 Å². The molecule has 0 saturated carbocycles. The van der Waals surface area contributed by atoms with Crippen molar-refractivity contribution in [3.05, 3.63) is 76.9 Å². The number of benzene rings is 1. The van der Waals surface area contributed by atoms with Gasteiger partial charge in [0.1, 0.15) is 17.3 Å². The molecule has 4 aromatic rings. The number of nitrogens with zero attached hydrogens (tertiary/aromatic N) is 3. The minimum absolute atomic E-state index is 0.00226. The van der Waals surface area contributed by atoms with Gasteiger partial charge in [0.2, 0.25) is 5.91 Å². The summed E-state index contributed by atoms with van der Waals surface area (Å²) < 4.78 is 6.93. The van der Waals surface area contributed by atoms with Gasteiger partial charge in [-0.25, -0.2) is 4.98 Å². The average molecular weight is 475 g/mol. The highest BCUT2D eigenvalue weighted by atomic mass is 32.1. The molecular formula is C26H26N4O3S. The Morgan fingerprint density at radius 1 is 1.00 bits per heavy atom. The highest BCUT2D eigenvalue weighted by molar-refractivity contribution is 7.21. The molecule has 2 amide bonds. The number of pyridine rings is 2. The van der Waals surface area contributed by atoms with Gasteiger partial charge in [0, 0.05) is 31.5 Å². The predicted molar refractivity (Wildman–Crippen MR) is 135 cm³/mol. The van der Waals surface area contributed by atoms with E-state index in [0.29, 0.717) is 35.3 Å². The van der Waals surface area contributed by atoms with Gasteiger partial charge in [0.25, 0.3) is 5.91 Å². The fourth-order valence-corrected chi connectivity index (χ4v) is 4.58. The minimum Gasteiger partial charge on any atom is -0.456 e. The van der Waals surface area contributed by atoms with Crippen molar-refractivity contribution in [3.8, 4) is 11.5 Å². The quantitative estimate of drug-likeness (QED) is 0.367. The molecule has 0 fully saturated rings. The normalized spacial score (nSPS) is 10.8. The third-order valence-corrected chi connectivity index (χ3v) is 6.46. The van der Waals surface area contributed by atoms with Gasteiger partial charge in [-0.05, 0) is 62.2 Å². The van der Waals surface area contributed by atoms with Crippen LogP contribution in [0.25, 0.3) is 10.2 Å². The predicted octanol–water partition coefficient (Wildman–Crippen LogP) is 5.46. The third-order valence-electron chi connectivity index (χ3n) is 5.34. The van der Waals surface area contributed by atoms with Crippen molar-refractivity contribution in [1.29, 1.82) is 0 Å². The Labute approximate surface area is 202 Å². The van der Waals surface area contributed by atoms with Crippen LogP contribution in [0.3, 0.4) is 0 Å². The van der Waals surface area contributed by atoms with Gasteiger partial charge in [-0.2, -0.15) is 0 Å². The molecule has 0 bridgehead atoms. The number of thiophene rings is 1. The fraction of sp³-hybridized carbons (Fsp3) is 0.231. The van der Waals surface area contributed by atoms with Gasteiger partial charge in [-0.15, -0.1) is 11.3 Å². The summed E-state index contributed by atoms with van der Waals surface area (Å²) in [5.41, 5.74) is 2.63. The second-order valence-corrected chi connectivity index (χ2v) is 8.85. The summed E-state index contributed by atoms with van der Waals surface area (Å²) >= 11 is 1.39. The Balaban J connectivity index is 1.45. The fourth-order valence-electron chi connectivity index (χ4n) is 3.55. The van der Waals surface area contributed by atoms with Crippen LogP contribution in [0.4, 0.5) is 5.82 Å². The Hall–Kier alpha value is -3.78. The van der Waals surface area contributed by atoms with Gasteiger partial charge >= 0.3 is 0 Å². The highest BCUT2D eigenvalue weighted by Crippen LogP contribution is 2.35. The van der Waals surface area contributed by atoms with Crippen LogP contribution in [0.2, 0.25) is 0 Å². The van der Waals surface area contributed by atoms with E-state index in [4.69, 9.17) is 4.74 Å². The standard InChI is InChI=1S/C26H26N4O3S/c1-4-30(5-2)26(32)22-16-20-25(34-22)21(11-13-27-20)33-19-8-6-18(7-9-19)15-24(31)29-23-14-17(3)10-12-28-23/h6-14,16H,4-5,15H2,1-3H3,(H,28,29,31). The number of hydrogen-bond acceptors (Lipinski definition) is 6. The van der Waals surface area contributed by atoms with E-state index in [1.165, 1.54) is 11.3 Å². The summed E-state index contributed by atoms with van der Waals surface area (Å²) in [5, 5.41) is 2.82. The zero-order valence-electron chi connectivity index (χ0n) is 19.4. The maximum Gasteiger partial charge on any atom is 0.264 e. The molecule has 0 aliphatic carbocycles. The largest absolute Gasteiger partial charge is 0.456 e. The summed E-state index contributed by atoms with van der Waals surface area (Å²) in [6, 6.07) is 14.7. The van der Waals surface area contributed by atoms with Crippen molar-refractivity contribution >= 4 is 39.2 Å². The molecule has 1 aromatic carbocycles. The van der Waals surface area contributed by atoms with Crippen molar-refractivity contribution in [2.45, 2.75) is 27.2 Å². The lowest BCUT2D eigenvalue weighted by Crippen LogP contribution is -2.29. The third kappa shape index (κ3) is 5.40. The summed E-state index contributed by atoms with van der Waals surface area (Å²) in [6.45, 7) is 7.20. The first kappa shape index (κ1) is 23.4. The maximum atomic E-state index is 12.7. The monoisotopic (exact) mass is 474 g/mol. The van der Waals surface area contributed by atoms with Crippen molar-refractivity contribution in [2.24, 2.45) is 0 Å². The lowest BCUT2D eigenvalue weighted by molar-refractivity contribution is -0.115. The molecule has 174 valence electrons. The molecule has 0 radical (unpaired) electrons. The highest BCUT2D eigenvalue weighted by Gasteiger charge is 2.18. The summed E-state index contributed by atoms with van der Waals surface area (Å²) in [4.78, 5) is 36.1. The van der Waals surface area contributed by atoms with Crippen molar-refractivity contribution < 1.29 is 14.3 Å². The molecule has 3 heterocycles. The number of hydrogen-bond donors (Lipinski definition) is 1. The maximum absolute atomic E-state index is 12.7. The number of ether oxygens (including phenoxy) is 1. The van der Waals surface area contributed by atoms with Crippen LogP contribution in [0, 0.1) is 6.92 Å². The number of fused-ring (bicyclic) bond motifs is 1. The lowest BCUT2D eigenvalue weighted by atomic mass is 10.1. The molecular weight excluding hydrogens is 448 g/mol. The van der Waals surface area contributed by atoms with E-state index >= 15 is 0 Å². The van der Waals surface area contributed by atoms with E-state index in [1.807, 2.05) is 63.2 Å². The zero-order valence-corrected chi connectivity index (χ0v) is 20.2. The van der Waals surface area contributed by atoms with E-state index < -0.39 is 0 Å². The summed E-state index contributed by atoms with van der Waals surface area (Å²) in [7, 11) is 0. The van der Waals surface area contributed by atoms with Crippen LogP contribution in [0.5, 0.6) is 11.5 Å². The Bertz CT molecular complexity index is 1310. The van der Waals surface area contributed by atoms with E-state index in [2.05, 4.69) is 15.3 Å². The minimum atomic E-state index is -0.133. The lowest BCUT2D eigenvalue weighted by Gasteiger charge is -2.17. The molecule has 3 aromatic heterocycles. The first-order chi connectivity index (χ1) is 16.5. The zero-order chi connectivity index (χ0) is 24.1. The molecule has 0 saturated heterocycles. The van der Waals surface area contributed by atoms with Crippen LogP contribution in [0.15, 0.2) is 60.9 Å². The molecule has 0 atom stereocenters. The molecule has 1 N–H and O–H groups in total. The van der Waals surface area contributed by atoms with Crippen LogP contribution in [-0.4, -0.2) is 39.8 Å². The smallest absolute Gasteiger partial charge is 0.264 e. The van der Waals surface area contributed by atoms with Crippen LogP contribution in [0.1, 0.15) is 34.6 Å². The van der Waals surface area contributed by atoms with E-state index in [0.717, 1.165) is 21.3 Å². The van der Waals surface area contributed by atoms with Gasteiger partial charge in [-0.1, -0.05) is 12.1 Å². The Kier molecular flexibility index (Phi) is 7.18. The Morgan fingerprint density at radius 3 is 2.44 bits per heavy atom. The average Bonchev–Trinajstić information content (AvgIpc) is 3.26. The molecule has 4 rings (SSSR count).